The van der Waals surface area contributed by atoms with Crippen LogP contribution in [-0.4, -0.2) is 34.7 Å². The smallest absolute Gasteiger partial charge is 0.240 e. The van der Waals surface area contributed by atoms with E-state index in [1.807, 2.05) is 0 Å². The fraction of sp³-hybridized carbons (Fsp3) is 0.571. The highest BCUT2D eigenvalue weighted by Crippen LogP contribution is 2.17. The van der Waals surface area contributed by atoms with Crippen LogP contribution in [0.5, 0.6) is 5.75 Å². The highest BCUT2D eigenvalue weighted by Gasteiger charge is 2.14. The van der Waals surface area contributed by atoms with E-state index in [4.69, 9.17) is 4.74 Å². The van der Waals surface area contributed by atoms with Crippen LogP contribution in [0, 0.1) is 5.92 Å². The van der Waals surface area contributed by atoms with Crippen LogP contribution >= 0.6 is 0 Å². The molecule has 0 spiro atoms. The zero-order valence-corrected chi connectivity index (χ0v) is 12.6. The first kappa shape index (κ1) is 15.3. The second-order valence-corrected chi connectivity index (χ2v) is 6.74. The van der Waals surface area contributed by atoms with Gasteiger partial charge in [0.15, 0.2) is 0 Å². The molecule has 1 aromatic rings. The van der Waals surface area contributed by atoms with Crippen molar-refractivity contribution >= 4 is 10.0 Å². The Morgan fingerprint density at radius 3 is 2.70 bits per heavy atom. The summed E-state index contributed by atoms with van der Waals surface area (Å²) in [5, 5.41) is 3.33. The number of hydrogen-bond donors (Lipinski definition) is 2. The van der Waals surface area contributed by atoms with Gasteiger partial charge in [0.25, 0.3) is 0 Å². The first-order valence-corrected chi connectivity index (χ1v) is 8.53. The Labute approximate surface area is 120 Å². The maximum atomic E-state index is 11.8. The monoisotopic (exact) mass is 298 g/mol. The van der Waals surface area contributed by atoms with Crippen LogP contribution in [0.2, 0.25) is 0 Å². The van der Waals surface area contributed by atoms with Crippen LogP contribution in [0.3, 0.4) is 0 Å². The van der Waals surface area contributed by atoms with E-state index < -0.39 is 10.0 Å². The molecule has 0 radical (unpaired) electrons. The van der Waals surface area contributed by atoms with Gasteiger partial charge in [0.05, 0.1) is 11.5 Å². The van der Waals surface area contributed by atoms with E-state index in [2.05, 4.69) is 10.0 Å². The van der Waals surface area contributed by atoms with Crippen molar-refractivity contribution in [3.8, 4) is 5.75 Å². The molecule has 20 heavy (non-hydrogen) atoms. The van der Waals surface area contributed by atoms with E-state index in [-0.39, 0.29) is 4.90 Å². The van der Waals surface area contributed by atoms with Crippen LogP contribution < -0.4 is 14.8 Å². The third-order valence-electron chi connectivity index (χ3n) is 3.43. The Morgan fingerprint density at radius 1 is 1.35 bits per heavy atom. The average Bonchev–Trinajstić information content (AvgIpc) is 2.92. The summed E-state index contributed by atoms with van der Waals surface area (Å²) in [6, 6.07) is 6.56. The minimum Gasteiger partial charge on any atom is -0.494 e. The lowest BCUT2D eigenvalue weighted by molar-refractivity contribution is 0.283. The van der Waals surface area contributed by atoms with Gasteiger partial charge in [0, 0.05) is 6.54 Å². The first-order chi connectivity index (χ1) is 9.62. The Kier molecular flexibility index (Phi) is 5.39. The quantitative estimate of drug-likeness (QED) is 0.798. The van der Waals surface area contributed by atoms with Gasteiger partial charge >= 0.3 is 0 Å². The molecule has 6 heteroatoms. The van der Waals surface area contributed by atoms with Crippen molar-refractivity contribution < 1.29 is 13.2 Å². The highest BCUT2D eigenvalue weighted by molar-refractivity contribution is 7.89. The number of rotatable bonds is 7. The van der Waals surface area contributed by atoms with Crippen molar-refractivity contribution in [1.82, 2.24) is 10.0 Å². The molecule has 0 amide bonds. The fourth-order valence-corrected chi connectivity index (χ4v) is 3.33. The number of benzene rings is 1. The molecule has 1 aromatic carbocycles. The molecule has 0 bridgehead atoms. The topological polar surface area (TPSA) is 67.4 Å². The molecule has 0 aliphatic carbocycles. The fourth-order valence-electron chi connectivity index (χ4n) is 2.29. The van der Waals surface area contributed by atoms with E-state index in [1.165, 1.54) is 6.42 Å². The normalized spacial score (nSPS) is 19.1. The molecule has 1 aliphatic heterocycles. The molecule has 5 nitrogen and oxygen atoms in total. The molecule has 1 heterocycles. The Bertz CT molecular complexity index is 508. The van der Waals surface area contributed by atoms with Crippen LogP contribution in [0.1, 0.15) is 19.8 Å². The van der Waals surface area contributed by atoms with Crippen molar-refractivity contribution in [2.45, 2.75) is 24.7 Å². The number of sulfonamides is 1. The Hall–Kier alpha value is -1.11. The van der Waals surface area contributed by atoms with Gasteiger partial charge in [-0.05, 0) is 56.1 Å². The molecule has 2 rings (SSSR count). The number of hydrogen-bond acceptors (Lipinski definition) is 4. The zero-order valence-electron chi connectivity index (χ0n) is 11.8. The minimum absolute atomic E-state index is 0.270. The highest BCUT2D eigenvalue weighted by atomic mass is 32.2. The van der Waals surface area contributed by atoms with Gasteiger partial charge in [-0.15, -0.1) is 0 Å². The first-order valence-electron chi connectivity index (χ1n) is 7.05. The van der Waals surface area contributed by atoms with Crippen LogP contribution in [-0.2, 0) is 10.0 Å². The van der Waals surface area contributed by atoms with E-state index in [1.54, 1.807) is 31.2 Å². The number of nitrogens with one attached hydrogen (secondary N) is 2. The van der Waals surface area contributed by atoms with Gasteiger partial charge < -0.3 is 10.1 Å². The zero-order chi connectivity index (χ0) is 14.4. The van der Waals surface area contributed by atoms with Gasteiger partial charge in [-0.1, -0.05) is 6.92 Å². The second-order valence-electron chi connectivity index (χ2n) is 4.97. The standard InChI is InChI=1S/C14H22N2O3S/c1-2-16-20(17,18)14-5-3-13(4-6-14)19-10-8-12-7-9-15-11-12/h3-6,12,15-16H,2,7-11H2,1H3. The van der Waals surface area contributed by atoms with Gasteiger partial charge in [-0.3, -0.25) is 0 Å². The van der Waals surface area contributed by atoms with Gasteiger partial charge in [-0.25, -0.2) is 13.1 Å². The average molecular weight is 298 g/mol. The lowest BCUT2D eigenvalue weighted by Gasteiger charge is -2.10. The summed E-state index contributed by atoms with van der Waals surface area (Å²) in [5.41, 5.74) is 0. The lowest BCUT2D eigenvalue weighted by atomic mass is 10.1. The van der Waals surface area contributed by atoms with E-state index in [0.29, 0.717) is 24.8 Å². The molecular weight excluding hydrogens is 276 g/mol. The van der Waals surface area contributed by atoms with E-state index in [9.17, 15) is 8.42 Å². The summed E-state index contributed by atoms with van der Waals surface area (Å²) in [7, 11) is -3.37. The maximum Gasteiger partial charge on any atom is 0.240 e. The van der Waals surface area contributed by atoms with E-state index in [0.717, 1.165) is 19.5 Å². The predicted molar refractivity (Wildman–Crippen MR) is 78.4 cm³/mol. The third-order valence-corrected chi connectivity index (χ3v) is 4.99. The maximum absolute atomic E-state index is 11.8. The molecule has 0 saturated carbocycles. The van der Waals surface area contributed by atoms with Crippen molar-refractivity contribution in [1.29, 1.82) is 0 Å². The Morgan fingerprint density at radius 2 is 2.10 bits per heavy atom. The van der Waals surface area contributed by atoms with Gasteiger partial charge in [0.1, 0.15) is 5.75 Å². The summed E-state index contributed by atoms with van der Waals surface area (Å²) in [6.45, 7) is 4.99. The van der Waals surface area contributed by atoms with Gasteiger partial charge in [0.2, 0.25) is 10.0 Å². The summed E-state index contributed by atoms with van der Waals surface area (Å²) in [6.07, 6.45) is 2.24. The second kappa shape index (κ2) is 7.06. The third kappa shape index (κ3) is 4.19. The molecule has 1 atom stereocenters. The summed E-state index contributed by atoms with van der Waals surface area (Å²) < 4.78 is 31.7. The van der Waals surface area contributed by atoms with Crippen molar-refractivity contribution in [2.75, 3.05) is 26.2 Å². The van der Waals surface area contributed by atoms with Crippen molar-refractivity contribution in [2.24, 2.45) is 5.92 Å². The summed E-state index contributed by atoms with van der Waals surface area (Å²) in [4.78, 5) is 0.270. The SMILES string of the molecule is CCNS(=O)(=O)c1ccc(OCCC2CCNC2)cc1. The summed E-state index contributed by atoms with van der Waals surface area (Å²) >= 11 is 0. The predicted octanol–water partition coefficient (Wildman–Crippen LogP) is 1.36. The number of ether oxygens (including phenoxy) is 1. The van der Waals surface area contributed by atoms with Crippen LogP contribution in [0.15, 0.2) is 29.2 Å². The molecule has 1 aliphatic rings. The molecule has 0 aromatic heterocycles. The largest absolute Gasteiger partial charge is 0.494 e. The molecule has 2 N–H and O–H groups in total. The molecule has 112 valence electrons. The van der Waals surface area contributed by atoms with Crippen molar-refractivity contribution in [3.63, 3.8) is 0 Å². The molecule has 1 fully saturated rings. The molecule has 1 unspecified atom stereocenters. The lowest BCUT2D eigenvalue weighted by Crippen LogP contribution is -2.22. The minimum atomic E-state index is -3.37. The molecule has 1 saturated heterocycles. The van der Waals surface area contributed by atoms with Gasteiger partial charge in [-0.2, -0.15) is 0 Å². The van der Waals surface area contributed by atoms with Crippen molar-refractivity contribution in [3.05, 3.63) is 24.3 Å². The Balaban J connectivity index is 1.85. The van der Waals surface area contributed by atoms with Crippen LogP contribution in [0.25, 0.3) is 0 Å². The van der Waals surface area contributed by atoms with Crippen LogP contribution in [0.4, 0.5) is 0 Å². The van der Waals surface area contributed by atoms with E-state index >= 15 is 0 Å². The molecular formula is C14H22N2O3S. The summed E-state index contributed by atoms with van der Waals surface area (Å²) in [5.74, 6) is 1.41.